The molecule has 1 fully saturated rings. The highest BCUT2D eigenvalue weighted by Gasteiger charge is 2.33. The summed E-state index contributed by atoms with van der Waals surface area (Å²) in [6.07, 6.45) is 2.81. The molecule has 0 aliphatic carbocycles. The highest BCUT2D eigenvalue weighted by atomic mass is 35.5. The normalized spacial score (nSPS) is 16.7. The van der Waals surface area contributed by atoms with Gasteiger partial charge in [0.2, 0.25) is 10.0 Å². The third kappa shape index (κ3) is 6.69. The van der Waals surface area contributed by atoms with Crippen molar-refractivity contribution >= 4 is 33.4 Å². The minimum absolute atomic E-state index is 0.194. The molecule has 10 heteroatoms. The van der Waals surface area contributed by atoms with Gasteiger partial charge in [-0.3, -0.25) is 9.59 Å². The first-order valence-electron chi connectivity index (χ1n) is 10.8. The van der Waals surface area contributed by atoms with Gasteiger partial charge in [-0.05, 0) is 61.2 Å². The van der Waals surface area contributed by atoms with Crippen LogP contribution in [0.25, 0.3) is 0 Å². The Hall–Kier alpha value is -2.62. The Morgan fingerprint density at radius 2 is 1.82 bits per heavy atom. The minimum atomic E-state index is -3.67. The molecule has 1 heterocycles. The van der Waals surface area contributed by atoms with Crippen molar-refractivity contribution in [1.82, 2.24) is 14.9 Å². The summed E-state index contributed by atoms with van der Waals surface area (Å²) in [5.41, 5.74) is 0.806. The van der Waals surface area contributed by atoms with Crippen LogP contribution in [0.15, 0.2) is 53.4 Å². The summed E-state index contributed by atoms with van der Waals surface area (Å²) < 4.78 is 32.8. The van der Waals surface area contributed by atoms with Crippen LogP contribution >= 0.6 is 11.6 Å². The van der Waals surface area contributed by atoms with E-state index >= 15 is 0 Å². The predicted octanol–water partition coefficient (Wildman–Crippen LogP) is 2.71. The van der Waals surface area contributed by atoms with Crippen molar-refractivity contribution in [1.29, 1.82) is 0 Å². The molecule has 3 rings (SSSR count). The molecule has 33 heavy (non-hydrogen) atoms. The number of carbonyl (C=O) groups excluding carboxylic acids is 2. The smallest absolute Gasteiger partial charge is 0.309 e. The summed E-state index contributed by atoms with van der Waals surface area (Å²) in [7, 11) is -2.11. The van der Waals surface area contributed by atoms with Gasteiger partial charge in [0, 0.05) is 30.7 Å². The Morgan fingerprint density at radius 1 is 1.09 bits per heavy atom. The van der Waals surface area contributed by atoms with E-state index in [9.17, 15) is 18.0 Å². The number of methoxy groups -OCH3 is 1. The third-order valence-electron chi connectivity index (χ3n) is 5.55. The van der Waals surface area contributed by atoms with E-state index in [0.29, 0.717) is 30.2 Å². The molecular weight excluding hydrogens is 466 g/mol. The van der Waals surface area contributed by atoms with Crippen molar-refractivity contribution in [2.45, 2.75) is 43.2 Å². The number of nitrogens with zero attached hydrogens (tertiary/aromatic N) is 1. The van der Waals surface area contributed by atoms with Crippen LogP contribution in [-0.2, 0) is 26.2 Å². The second-order valence-electron chi connectivity index (χ2n) is 7.80. The summed E-state index contributed by atoms with van der Waals surface area (Å²) in [5.74, 6) is -0.829. The Kier molecular flexibility index (Phi) is 8.71. The van der Waals surface area contributed by atoms with Gasteiger partial charge in [0.25, 0.3) is 0 Å². The molecule has 0 bridgehead atoms. The summed E-state index contributed by atoms with van der Waals surface area (Å²) >= 11 is 5.88. The lowest BCUT2D eigenvalue weighted by Crippen LogP contribution is -2.46. The van der Waals surface area contributed by atoms with Gasteiger partial charge in [-0.2, -0.15) is 4.31 Å². The first kappa shape index (κ1) is 25.0. The predicted molar refractivity (Wildman–Crippen MR) is 125 cm³/mol. The number of piperidine rings is 1. The zero-order chi connectivity index (χ0) is 23.8. The third-order valence-corrected chi connectivity index (χ3v) is 7.77. The summed E-state index contributed by atoms with van der Waals surface area (Å²) in [6, 6.07) is 13.0. The molecule has 1 aliphatic heterocycles. The number of rotatable bonds is 8. The minimum Gasteiger partial charge on any atom is -0.497 e. The molecule has 8 nitrogen and oxygen atoms in total. The lowest BCUT2D eigenvalue weighted by Gasteiger charge is -2.34. The molecule has 0 aromatic heterocycles. The number of hydrogen-bond donors (Lipinski definition) is 2. The average Bonchev–Trinajstić information content (AvgIpc) is 2.83. The molecule has 2 amide bonds. The molecule has 1 atom stereocenters. The molecule has 1 aliphatic rings. The number of carbonyl (C=O) groups is 2. The molecule has 178 valence electrons. The van der Waals surface area contributed by atoms with E-state index in [0.717, 1.165) is 18.4 Å². The van der Waals surface area contributed by atoms with Gasteiger partial charge in [-0.25, -0.2) is 8.42 Å². The van der Waals surface area contributed by atoms with E-state index in [1.807, 2.05) is 6.07 Å². The molecule has 2 N–H and O–H groups in total. The van der Waals surface area contributed by atoms with Gasteiger partial charge in [0.15, 0.2) is 0 Å². The Balaban J connectivity index is 1.51. The second-order valence-corrected chi connectivity index (χ2v) is 10.1. The SMILES string of the molecule is COc1cccc(CNC(=O)C(=O)NCCC2CCCCN2S(=O)(=O)c2ccc(Cl)cc2)c1. The zero-order valence-electron chi connectivity index (χ0n) is 18.4. The van der Waals surface area contributed by atoms with Crippen LogP contribution in [-0.4, -0.2) is 50.8 Å². The van der Waals surface area contributed by atoms with E-state index in [2.05, 4.69) is 10.6 Å². The van der Waals surface area contributed by atoms with E-state index in [1.165, 1.54) is 16.4 Å². The van der Waals surface area contributed by atoms with Crippen molar-refractivity contribution < 1.29 is 22.7 Å². The van der Waals surface area contributed by atoms with Crippen molar-refractivity contribution in [3.63, 3.8) is 0 Å². The monoisotopic (exact) mass is 493 g/mol. The van der Waals surface area contributed by atoms with Crippen LogP contribution in [0.4, 0.5) is 0 Å². The molecule has 1 saturated heterocycles. The van der Waals surface area contributed by atoms with E-state index in [4.69, 9.17) is 16.3 Å². The lowest BCUT2D eigenvalue weighted by atomic mass is 10.0. The van der Waals surface area contributed by atoms with Crippen LogP contribution in [0, 0.1) is 0 Å². The fourth-order valence-corrected chi connectivity index (χ4v) is 5.65. The maximum absolute atomic E-state index is 13.1. The zero-order valence-corrected chi connectivity index (χ0v) is 20.0. The van der Waals surface area contributed by atoms with Crippen LogP contribution in [0.1, 0.15) is 31.2 Å². The molecule has 0 saturated carbocycles. The second kappa shape index (κ2) is 11.5. The highest BCUT2D eigenvalue weighted by molar-refractivity contribution is 7.89. The van der Waals surface area contributed by atoms with Crippen LogP contribution in [0.3, 0.4) is 0 Å². The van der Waals surface area contributed by atoms with Crippen LogP contribution in [0.5, 0.6) is 5.75 Å². The standard InChI is InChI=1S/C23H28ClN3O5S/c1-32-20-7-4-5-17(15-20)16-26-23(29)22(28)25-13-12-19-6-2-3-14-27(19)33(30,31)21-10-8-18(24)9-11-21/h4-5,7-11,15,19H,2-3,6,12-14,16H2,1H3,(H,25,28)(H,26,29). The molecule has 0 spiro atoms. The maximum Gasteiger partial charge on any atom is 0.309 e. The number of benzene rings is 2. The number of hydrogen-bond acceptors (Lipinski definition) is 5. The van der Waals surface area contributed by atoms with Crippen LogP contribution in [0.2, 0.25) is 5.02 Å². The maximum atomic E-state index is 13.1. The quantitative estimate of drug-likeness (QED) is 0.550. The fraction of sp³-hybridized carbons (Fsp3) is 0.391. The van der Waals surface area contributed by atoms with Crippen molar-refractivity contribution in [2.24, 2.45) is 0 Å². The topological polar surface area (TPSA) is 105 Å². The average molecular weight is 494 g/mol. The number of nitrogens with one attached hydrogen (secondary N) is 2. The summed E-state index contributed by atoms with van der Waals surface area (Å²) in [6.45, 7) is 0.812. The first-order valence-corrected chi connectivity index (χ1v) is 12.6. The van der Waals surface area contributed by atoms with Gasteiger partial charge in [-0.1, -0.05) is 30.2 Å². The van der Waals surface area contributed by atoms with Crippen LogP contribution < -0.4 is 15.4 Å². The van der Waals surface area contributed by atoms with E-state index < -0.39 is 21.8 Å². The van der Waals surface area contributed by atoms with Gasteiger partial charge >= 0.3 is 11.8 Å². The van der Waals surface area contributed by atoms with E-state index in [1.54, 1.807) is 37.4 Å². The largest absolute Gasteiger partial charge is 0.497 e. The lowest BCUT2D eigenvalue weighted by molar-refractivity contribution is -0.139. The van der Waals surface area contributed by atoms with Crippen molar-refractivity contribution in [3.05, 3.63) is 59.1 Å². The van der Waals surface area contributed by atoms with Crippen molar-refractivity contribution in [2.75, 3.05) is 20.2 Å². The summed E-state index contributed by atoms with van der Waals surface area (Å²) in [4.78, 5) is 24.5. The molecule has 2 aromatic rings. The molecule has 0 radical (unpaired) electrons. The molecule has 1 unspecified atom stereocenters. The number of ether oxygens (including phenoxy) is 1. The Labute approximate surface area is 199 Å². The Bertz CT molecular complexity index is 1080. The summed E-state index contributed by atoms with van der Waals surface area (Å²) in [5, 5.41) is 5.64. The number of halogens is 1. The van der Waals surface area contributed by atoms with Crippen molar-refractivity contribution in [3.8, 4) is 5.75 Å². The Morgan fingerprint density at radius 3 is 2.55 bits per heavy atom. The fourth-order valence-electron chi connectivity index (χ4n) is 3.80. The van der Waals surface area contributed by atoms with Gasteiger partial charge < -0.3 is 15.4 Å². The van der Waals surface area contributed by atoms with Gasteiger partial charge in [0.1, 0.15) is 5.75 Å². The van der Waals surface area contributed by atoms with Gasteiger partial charge in [0.05, 0.1) is 12.0 Å². The number of sulfonamides is 1. The van der Waals surface area contributed by atoms with Gasteiger partial charge in [-0.15, -0.1) is 0 Å². The first-order chi connectivity index (χ1) is 15.8. The molecule has 2 aromatic carbocycles. The van der Waals surface area contributed by atoms with E-state index in [-0.39, 0.29) is 24.0 Å². The molecular formula is C23H28ClN3O5S. The highest BCUT2D eigenvalue weighted by Crippen LogP contribution is 2.27. The number of amides is 2.